The lowest BCUT2D eigenvalue weighted by Gasteiger charge is -2.28. The first-order valence-corrected chi connectivity index (χ1v) is 10.3. The van der Waals surface area contributed by atoms with Crippen LogP contribution in [0.3, 0.4) is 0 Å². The minimum absolute atomic E-state index is 0.0150. The van der Waals surface area contributed by atoms with Crippen LogP contribution in [0.15, 0.2) is 53.4 Å². The highest BCUT2D eigenvalue weighted by atomic mass is 32.2. The molecule has 152 valence electrons. The molecule has 1 N–H and O–H groups in total. The number of thioether (sulfide) groups is 1. The fraction of sp³-hybridized carbons (Fsp3) is 0.286. The number of rotatable bonds is 8. The van der Waals surface area contributed by atoms with Gasteiger partial charge < -0.3 is 19.7 Å². The largest absolute Gasteiger partial charge is 0.494 e. The Balaban J connectivity index is 1.44. The van der Waals surface area contributed by atoms with Gasteiger partial charge in [-0.3, -0.25) is 14.4 Å². The molecule has 1 aliphatic heterocycles. The van der Waals surface area contributed by atoms with E-state index in [0.29, 0.717) is 23.8 Å². The lowest BCUT2D eigenvalue weighted by molar-refractivity contribution is -0.147. The van der Waals surface area contributed by atoms with Gasteiger partial charge in [0.2, 0.25) is 5.91 Å². The number of benzene rings is 2. The van der Waals surface area contributed by atoms with Gasteiger partial charge in [0.1, 0.15) is 5.75 Å². The molecule has 1 aliphatic rings. The number of carbonyl (C=O) groups excluding carboxylic acids is 3. The molecule has 0 aliphatic carbocycles. The van der Waals surface area contributed by atoms with E-state index in [1.165, 1.54) is 11.8 Å². The SMILES string of the molecule is CCOc1ccc(NC(=O)COC(=O)CCN2C(=O)CSc3ccccc32)cc1. The van der Waals surface area contributed by atoms with Crippen molar-refractivity contribution in [3.63, 3.8) is 0 Å². The molecule has 0 unspecified atom stereocenters. The van der Waals surface area contributed by atoms with Gasteiger partial charge in [-0.25, -0.2) is 0 Å². The van der Waals surface area contributed by atoms with Gasteiger partial charge >= 0.3 is 5.97 Å². The summed E-state index contributed by atoms with van der Waals surface area (Å²) in [5.74, 6) is 0.0452. The summed E-state index contributed by atoms with van der Waals surface area (Å²) >= 11 is 1.49. The molecule has 0 spiro atoms. The van der Waals surface area contributed by atoms with Crippen molar-refractivity contribution in [3.8, 4) is 5.75 Å². The highest BCUT2D eigenvalue weighted by Gasteiger charge is 2.24. The summed E-state index contributed by atoms with van der Waals surface area (Å²) in [6.45, 7) is 2.29. The molecule has 0 saturated heterocycles. The van der Waals surface area contributed by atoms with Crippen LogP contribution in [-0.2, 0) is 19.1 Å². The van der Waals surface area contributed by atoms with E-state index in [2.05, 4.69) is 5.32 Å². The zero-order valence-electron chi connectivity index (χ0n) is 16.1. The number of para-hydroxylation sites is 1. The van der Waals surface area contributed by atoms with Gasteiger partial charge in [0.05, 0.1) is 24.5 Å². The van der Waals surface area contributed by atoms with Crippen molar-refractivity contribution in [2.45, 2.75) is 18.2 Å². The van der Waals surface area contributed by atoms with Crippen LogP contribution < -0.4 is 15.0 Å². The Morgan fingerprint density at radius 1 is 1.14 bits per heavy atom. The van der Waals surface area contributed by atoms with Gasteiger partial charge in [0.25, 0.3) is 5.91 Å². The number of nitrogens with one attached hydrogen (secondary N) is 1. The summed E-state index contributed by atoms with van der Waals surface area (Å²) in [6, 6.07) is 14.5. The molecule has 0 saturated carbocycles. The van der Waals surface area contributed by atoms with Gasteiger partial charge in [-0.15, -0.1) is 11.8 Å². The van der Waals surface area contributed by atoms with Gasteiger partial charge in [0.15, 0.2) is 6.61 Å². The van der Waals surface area contributed by atoms with E-state index in [4.69, 9.17) is 9.47 Å². The van der Waals surface area contributed by atoms with Crippen molar-refractivity contribution >= 4 is 40.9 Å². The van der Waals surface area contributed by atoms with E-state index >= 15 is 0 Å². The maximum atomic E-state index is 12.2. The average molecular weight is 414 g/mol. The first kappa shape index (κ1) is 20.7. The third kappa shape index (κ3) is 5.74. The molecule has 1 heterocycles. The molecule has 8 heteroatoms. The first-order chi connectivity index (χ1) is 14.1. The Hall–Kier alpha value is -3.00. The van der Waals surface area contributed by atoms with Crippen molar-refractivity contribution in [1.29, 1.82) is 0 Å². The molecule has 0 atom stereocenters. The molecule has 2 aromatic carbocycles. The Bertz CT molecular complexity index is 885. The van der Waals surface area contributed by atoms with E-state index < -0.39 is 11.9 Å². The standard InChI is InChI=1S/C21H22N2O5S/c1-2-27-16-9-7-15(8-10-16)22-19(24)13-28-21(26)11-12-23-17-5-3-4-6-18(17)29-14-20(23)25/h3-10H,2,11-14H2,1H3,(H,22,24). The summed E-state index contributed by atoms with van der Waals surface area (Å²) in [4.78, 5) is 38.8. The van der Waals surface area contributed by atoms with Crippen molar-refractivity contribution in [3.05, 3.63) is 48.5 Å². The highest BCUT2D eigenvalue weighted by Crippen LogP contribution is 2.34. The number of nitrogens with zero attached hydrogens (tertiary/aromatic N) is 1. The normalized spacial score (nSPS) is 12.9. The summed E-state index contributed by atoms with van der Waals surface area (Å²) in [5, 5.41) is 2.65. The molecule has 2 amide bonds. The Kier molecular flexibility index (Phi) is 7.13. The number of ether oxygens (including phenoxy) is 2. The molecule has 29 heavy (non-hydrogen) atoms. The number of fused-ring (bicyclic) bond motifs is 1. The number of hydrogen-bond acceptors (Lipinski definition) is 6. The van der Waals surface area contributed by atoms with Crippen LogP contribution >= 0.6 is 11.8 Å². The van der Waals surface area contributed by atoms with Crippen LogP contribution in [-0.4, -0.2) is 43.3 Å². The molecular formula is C21H22N2O5S. The fourth-order valence-electron chi connectivity index (χ4n) is 2.82. The summed E-state index contributed by atoms with van der Waals surface area (Å²) < 4.78 is 10.4. The number of anilines is 2. The van der Waals surface area contributed by atoms with Crippen LogP contribution in [0.2, 0.25) is 0 Å². The number of esters is 1. The number of amides is 2. The van der Waals surface area contributed by atoms with Crippen molar-refractivity contribution in [2.75, 3.05) is 35.7 Å². The molecule has 2 aromatic rings. The number of hydrogen-bond donors (Lipinski definition) is 1. The maximum Gasteiger partial charge on any atom is 0.308 e. The monoisotopic (exact) mass is 414 g/mol. The average Bonchev–Trinajstić information content (AvgIpc) is 2.73. The Morgan fingerprint density at radius 3 is 2.66 bits per heavy atom. The lowest BCUT2D eigenvalue weighted by atomic mass is 10.2. The fourth-order valence-corrected chi connectivity index (χ4v) is 3.75. The van der Waals surface area contributed by atoms with Crippen molar-refractivity contribution < 1.29 is 23.9 Å². The van der Waals surface area contributed by atoms with E-state index in [1.807, 2.05) is 31.2 Å². The van der Waals surface area contributed by atoms with Gasteiger partial charge in [-0.05, 0) is 43.3 Å². The second-order valence-electron chi connectivity index (χ2n) is 6.22. The van der Waals surface area contributed by atoms with Gasteiger partial charge in [-0.1, -0.05) is 12.1 Å². The topological polar surface area (TPSA) is 84.9 Å². The van der Waals surface area contributed by atoms with E-state index in [0.717, 1.165) is 10.6 Å². The van der Waals surface area contributed by atoms with Crippen LogP contribution in [0, 0.1) is 0 Å². The summed E-state index contributed by atoms with van der Waals surface area (Å²) in [6.07, 6.45) is 0.0150. The Labute approximate surface area is 173 Å². The molecule has 7 nitrogen and oxygen atoms in total. The first-order valence-electron chi connectivity index (χ1n) is 9.27. The molecular weight excluding hydrogens is 392 g/mol. The lowest BCUT2D eigenvalue weighted by Crippen LogP contribution is -2.37. The quantitative estimate of drug-likeness (QED) is 0.668. The van der Waals surface area contributed by atoms with E-state index in [-0.39, 0.29) is 25.5 Å². The minimum atomic E-state index is -0.532. The molecule has 3 rings (SSSR count). The second-order valence-corrected chi connectivity index (χ2v) is 7.24. The highest BCUT2D eigenvalue weighted by molar-refractivity contribution is 8.00. The Morgan fingerprint density at radius 2 is 1.90 bits per heavy atom. The molecule has 0 fully saturated rings. The van der Waals surface area contributed by atoms with E-state index in [1.54, 1.807) is 29.2 Å². The summed E-state index contributed by atoms with van der Waals surface area (Å²) in [7, 11) is 0. The van der Waals surface area contributed by atoms with E-state index in [9.17, 15) is 14.4 Å². The van der Waals surface area contributed by atoms with Crippen molar-refractivity contribution in [2.24, 2.45) is 0 Å². The van der Waals surface area contributed by atoms with Crippen molar-refractivity contribution in [1.82, 2.24) is 0 Å². The third-order valence-corrected chi connectivity index (χ3v) is 5.21. The summed E-state index contributed by atoms with van der Waals surface area (Å²) in [5.41, 5.74) is 1.39. The number of carbonyl (C=O) groups is 3. The molecule has 0 aromatic heterocycles. The maximum absolute atomic E-state index is 12.2. The van der Waals surface area contributed by atoms with Gasteiger partial charge in [0, 0.05) is 17.1 Å². The van der Waals surface area contributed by atoms with Crippen LogP contribution in [0.1, 0.15) is 13.3 Å². The minimum Gasteiger partial charge on any atom is -0.494 e. The zero-order valence-corrected chi connectivity index (χ0v) is 16.9. The van der Waals surface area contributed by atoms with Crippen LogP contribution in [0.25, 0.3) is 0 Å². The van der Waals surface area contributed by atoms with Crippen LogP contribution in [0.5, 0.6) is 5.75 Å². The van der Waals surface area contributed by atoms with Gasteiger partial charge in [-0.2, -0.15) is 0 Å². The predicted molar refractivity (Wildman–Crippen MR) is 111 cm³/mol. The smallest absolute Gasteiger partial charge is 0.308 e. The molecule has 0 radical (unpaired) electrons. The predicted octanol–water partition coefficient (Wildman–Crippen LogP) is 3.10. The van der Waals surface area contributed by atoms with Crippen LogP contribution in [0.4, 0.5) is 11.4 Å². The molecule has 0 bridgehead atoms. The third-order valence-electron chi connectivity index (χ3n) is 4.16. The zero-order chi connectivity index (χ0) is 20.6. The second kappa shape index (κ2) is 9.97.